The van der Waals surface area contributed by atoms with E-state index in [0.717, 1.165) is 21.4 Å². The maximum atomic E-state index is 4.16. The van der Waals surface area contributed by atoms with Crippen molar-refractivity contribution in [3.8, 4) is 11.4 Å². The second-order valence-corrected chi connectivity index (χ2v) is 6.98. The lowest BCUT2D eigenvalue weighted by Gasteiger charge is -2.06. The molecule has 0 aliphatic heterocycles. The summed E-state index contributed by atoms with van der Waals surface area (Å²) in [7, 11) is 3.14. The molecule has 0 spiro atoms. The third-order valence-electron chi connectivity index (χ3n) is 3.25. The van der Waals surface area contributed by atoms with Crippen LogP contribution in [0, 0.1) is 0 Å². The SMILES string of the molecule is c1ccc(-n2nncc2SSc2cnnn2-c2ccccc2)cc1. The van der Waals surface area contributed by atoms with Crippen LogP contribution in [0.3, 0.4) is 0 Å². The molecule has 0 atom stereocenters. The first kappa shape index (κ1) is 15.0. The minimum Gasteiger partial charge on any atom is -0.206 e. The van der Waals surface area contributed by atoms with E-state index in [1.165, 1.54) is 0 Å². The summed E-state index contributed by atoms with van der Waals surface area (Å²) in [5.74, 6) is 0. The first-order valence-corrected chi connectivity index (χ1v) is 9.33. The molecule has 24 heavy (non-hydrogen) atoms. The fourth-order valence-corrected chi connectivity index (χ4v) is 4.12. The minimum absolute atomic E-state index is 0.937. The van der Waals surface area contributed by atoms with Crippen molar-refractivity contribution in [1.29, 1.82) is 0 Å². The molecule has 2 heterocycles. The zero-order valence-corrected chi connectivity index (χ0v) is 14.1. The molecule has 0 saturated heterocycles. The number of hydrogen-bond acceptors (Lipinski definition) is 6. The van der Waals surface area contributed by atoms with Crippen LogP contribution >= 0.6 is 21.6 Å². The Labute approximate surface area is 146 Å². The predicted octanol–water partition coefficient (Wildman–Crippen LogP) is 3.65. The van der Waals surface area contributed by atoms with Crippen molar-refractivity contribution in [2.45, 2.75) is 10.1 Å². The van der Waals surface area contributed by atoms with Crippen molar-refractivity contribution in [3.05, 3.63) is 73.1 Å². The van der Waals surface area contributed by atoms with E-state index in [1.807, 2.05) is 70.0 Å². The molecule has 0 radical (unpaired) electrons. The van der Waals surface area contributed by atoms with Crippen molar-refractivity contribution in [2.75, 3.05) is 0 Å². The summed E-state index contributed by atoms with van der Waals surface area (Å²) in [6, 6.07) is 19.9. The van der Waals surface area contributed by atoms with Crippen LogP contribution in [0.1, 0.15) is 0 Å². The number of aromatic nitrogens is 6. The molecule has 118 valence electrons. The summed E-state index contributed by atoms with van der Waals surface area (Å²) < 4.78 is 3.63. The van der Waals surface area contributed by atoms with Gasteiger partial charge in [0.1, 0.15) is 10.1 Å². The van der Waals surface area contributed by atoms with Crippen LogP contribution in [0.4, 0.5) is 0 Å². The van der Waals surface area contributed by atoms with Crippen LogP contribution in [0.25, 0.3) is 11.4 Å². The van der Waals surface area contributed by atoms with Crippen molar-refractivity contribution in [2.24, 2.45) is 0 Å². The van der Waals surface area contributed by atoms with Crippen LogP contribution < -0.4 is 0 Å². The average molecular weight is 352 g/mol. The van der Waals surface area contributed by atoms with Gasteiger partial charge in [-0.3, -0.25) is 0 Å². The van der Waals surface area contributed by atoms with E-state index < -0.39 is 0 Å². The monoisotopic (exact) mass is 352 g/mol. The number of nitrogens with zero attached hydrogens (tertiary/aromatic N) is 6. The van der Waals surface area contributed by atoms with Crippen molar-refractivity contribution in [3.63, 3.8) is 0 Å². The van der Waals surface area contributed by atoms with Gasteiger partial charge in [-0.1, -0.05) is 46.8 Å². The highest BCUT2D eigenvalue weighted by atomic mass is 33.1. The lowest BCUT2D eigenvalue weighted by atomic mass is 10.3. The molecule has 4 aromatic rings. The van der Waals surface area contributed by atoms with E-state index in [9.17, 15) is 0 Å². The summed E-state index contributed by atoms with van der Waals surface area (Å²) in [5.41, 5.74) is 1.96. The Kier molecular flexibility index (Phi) is 4.30. The molecule has 2 aromatic heterocycles. The highest BCUT2D eigenvalue weighted by Crippen LogP contribution is 2.37. The van der Waals surface area contributed by atoms with E-state index >= 15 is 0 Å². The Bertz CT molecular complexity index is 842. The largest absolute Gasteiger partial charge is 0.206 e. The molecule has 0 unspecified atom stereocenters. The predicted molar refractivity (Wildman–Crippen MR) is 94.4 cm³/mol. The van der Waals surface area contributed by atoms with E-state index in [4.69, 9.17) is 0 Å². The molecule has 0 aliphatic carbocycles. The van der Waals surface area contributed by atoms with Gasteiger partial charge in [0.15, 0.2) is 0 Å². The van der Waals surface area contributed by atoms with Gasteiger partial charge in [0.2, 0.25) is 0 Å². The minimum atomic E-state index is 0.937. The Morgan fingerprint density at radius 1 is 0.583 bits per heavy atom. The van der Waals surface area contributed by atoms with Gasteiger partial charge in [-0.15, -0.1) is 10.2 Å². The molecule has 0 bridgehead atoms. The number of rotatable bonds is 5. The maximum absolute atomic E-state index is 4.16. The first-order valence-electron chi connectivity index (χ1n) is 7.18. The van der Waals surface area contributed by atoms with Crippen LogP contribution in [0.2, 0.25) is 0 Å². The normalized spacial score (nSPS) is 10.8. The Hall–Kier alpha value is -2.58. The van der Waals surface area contributed by atoms with Gasteiger partial charge >= 0.3 is 0 Å². The van der Waals surface area contributed by atoms with Crippen LogP contribution in [-0.2, 0) is 0 Å². The Morgan fingerprint density at radius 3 is 1.42 bits per heavy atom. The fraction of sp³-hybridized carbons (Fsp3) is 0. The lowest BCUT2D eigenvalue weighted by molar-refractivity contribution is 0.756. The number of benzene rings is 2. The van der Waals surface area contributed by atoms with Crippen molar-refractivity contribution < 1.29 is 0 Å². The Balaban J connectivity index is 1.56. The maximum Gasteiger partial charge on any atom is 0.131 e. The summed E-state index contributed by atoms with van der Waals surface area (Å²) >= 11 is 0. The quantitative estimate of drug-likeness (QED) is 0.511. The van der Waals surface area contributed by atoms with E-state index in [0.29, 0.717) is 0 Å². The first-order chi connectivity index (χ1) is 11.9. The molecule has 0 saturated carbocycles. The summed E-state index contributed by atoms with van der Waals surface area (Å²) in [4.78, 5) is 0. The zero-order valence-electron chi connectivity index (χ0n) is 12.4. The van der Waals surface area contributed by atoms with Crippen molar-refractivity contribution in [1.82, 2.24) is 30.0 Å². The molecule has 4 rings (SSSR count). The van der Waals surface area contributed by atoms with Gasteiger partial charge in [-0.05, 0) is 45.9 Å². The molecule has 0 N–H and O–H groups in total. The standard InChI is InChI=1S/C16H12N6S2/c1-3-7-13(8-4-1)21-15(11-17-19-21)23-24-16-12-18-20-22(16)14-9-5-2-6-10-14/h1-12H. The summed E-state index contributed by atoms with van der Waals surface area (Å²) in [6.07, 6.45) is 3.50. The molecule has 0 amide bonds. The van der Waals surface area contributed by atoms with E-state index in [1.54, 1.807) is 34.0 Å². The lowest BCUT2D eigenvalue weighted by Crippen LogP contribution is -1.98. The molecule has 8 heteroatoms. The number of hydrogen-bond donors (Lipinski definition) is 0. The van der Waals surface area contributed by atoms with Gasteiger partial charge in [-0.25, -0.2) is 9.36 Å². The van der Waals surface area contributed by atoms with E-state index in [2.05, 4.69) is 20.6 Å². The number of para-hydroxylation sites is 2. The van der Waals surface area contributed by atoms with Crippen LogP contribution in [-0.4, -0.2) is 30.0 Å². The highest BCUT2D eigenvalue weighted by molar-refractivity contribution is 8.76. The van der Waals surface area contributed by atoms with Gasteiger partial charge in [-0.2, -0.15) is 0 Å². The summed E-state index contributed by atoms with van der Waals surface area (Å²) in [6.45, 7) is 0. The second-order valence-electron chi connectivity index (χ2n) is 4.81. The van der Waals surface area contributed by atoms with Gasteiger partial charge in [0.05, 0.1) is 23.8 Å². The van der Waals surface area contributed by atoms with Gasteiger partial charge in [0.25, 0.3) is 0 Å². The molecule has 2 aromatic carbocycles. The van der Waals surface area contributed by atoms with E-state index in [-0.39, 0.29) is 0 Å². The molecule has 0 fully saturated rings. The van der Waals surface area contributed by atoms with Gasteiger partial charge < -0.3 is 0 Å². The zero-order chi connectivity index (χ0) is 16.2. The third kappa shape index (κ3) is 3.06. The smallest absolute Gasteiger partial charge is 0.131 e. The molecular weight excluding hydrogens is 340 g/mol. The van der Waals surface area contributed by atoms with Crippen LogP contribution in [0.5, 0.6) is 0 Å². The second kappa shape index (κ2) is 6.90. The topological polar surface area (TPSA) is 61.4 Å². The Morgan fingerprint density at radius 2 is 1.00 bits per heavy atom. The van der Waals surface area contributed by atoms with Crippen LogP contribution in [0.15, 0.2) is 83.1 Å². The van der Waals surface area contributed by atoms with Gasteiger partial charge in [0, 0.05) is 0 Å². The highest BCUT2D eigenvalue weighted by Gasteiger charge is 2.11. The molecule has 6 nitrogen and oxygen atoms in total. The van der Waals surface area contributed by atoms with Crippen molar-refractivity contribution >= 4 is 21.6 Å². The molecule has 0 aliphatic rings. The molecular formula is C16H12N6S2. The fourth-order valence-electron chi connectivity index (χ4n) is 2.15. The average Bonchev–Trinajstić information content (AvgIpc) is 3.30. The third-order valence-corrected chi connectivity index (χ3v) is 5.51. The summed E-state index contributed by atoms with van der Waals surface area (Å²) in [5, 5.41) is 18.2.